The van der Waals surface area contributed by atoms with Crippen molar-refractivity contribution in [3.05, 3.63) is 0 Å². The van der Waals surface area contributed by atoms with E-state index < -0.39 is 0 Å². The van der Waals surface area contributed by atoms with E-state index in [1.165, 1.54) is 25.7 Å². The molecule has 2 unspecified atom stereocenters. The summed E-state index contributed by atoms with van der Waals surface area (Å²) < 4.78 is 0. The lowest BCUT2D eigenvalue weighted by Crippen LogP contribution is -2.30. The van der Waals surface area contributed by atoms with Crippen molar-refractivity contribution in [2.45, 2.75) is 81.1 Å². The van der Waals surface area contributed by atoms with Crippen LogP contribution in [0.5, 0.6) is 0 Å². The third kappa shape index (κ3) is 3.52. The fraction of sp³-hybridized carbons (Fsp3) is 1.00. The van der Waals surface area contributed by atoms with E-state index in [9.17, 15) is 0 Å². The van der Waals surface area contributed by atoms with Crippen LogP contribution in [-0.4, -0.2) is 0 Å². The second-order valence-electron chi connectivity index (χ2n) is 8.77. The number of hydrogen-bond donors (Lipinski definition) is 0. The van der Waals surface area contributed by atoms with Crippen molar-refractivity contribution in [3.63, 3.8) is 0 Å². The van der Waals surface area contributed by atoms with Crippen LogP contribution in [0.3, 0.4) is 0 Å². The van der Waals surface area contributed by atoms with Gasteiger partial charge in [0.1, 0.15) is 0 Å². The molecule has 0 heteroatoms. The lowest BCUT2D eigenvalue weighted by atomic mass is 9.67. The molecule has 0 bridgehead atoms. The van der Waals surface area contributed by atoms with Crippen molar-refractivity contribution in [3.8, 4) is 0 Å². The van der Waals surface area contributed by atoms with Crippen LogP contribution in [0.2, 0.25) is 0 Å². The Balaban J connectivity index is 2.66. The molecule has 1 aliphatic rings. The molecule has 0 N–H and O–H groups in total. The molecule has 18 heavy (non-hydrogen) atoms. The molecule has 0 spiro atoms. The molecule has 0 aliphatic heterocycles. The molecule has 1 saturated carbocycles. The zero-order valence-corrected chi connectivity index (χ0v) is 14.1. The Labute approximate surface area is 116 Å². The SMILES string of the molecule is CC(C)CC(C)(C)C1CCC(C(C)(C)C(C)C)C1. The zero-order chi connectivity index (χ0) is 14.1. The average molecular weight is 252 g/mol. The van der Waals surface area contributed by atoms with Gasteiger partial charge in [-0.25, -0.2) is 0 Å². The predicted octanol–water partition coefficient (Wildman–Crippen LogP) is 6.16. The molecule has 0 heterocycles. The van der Waals surface area contributed by atoms with Crippen molar-refractivity contribution in [1.29, 1.82) is 0 Å². The smallest absolute Gasteiger partial charge is 0.0303 e. The van der Waals surface area contributed by atoms with Gasteiger partial charge in [-0.2, -0.15) is 0 Å². The van der Waals surface area contributed by atoms with Gasteiger partial charge in [-0.05, 0) is 60.2 Å². The topological polar surface area (TPSA) is 0 Å². The maximum Gasteiger partial charge on any atom is -0.0303 e. The van der Waals surface area contributed by atoms with Gasteiger partial charge >= 0.3 is 0 Å². The summed E-state index contributed by atoms with van der Waals surface area (Å²) in [6.45, 7) is 19.5. The molecular weight excluding hydrogens is 216 g/mol. The molecule has 0 amide bonds. The summed E-state index contributed by atoms with van der Waals surface area (Å²) in [6, 6.07) is 0. The fourth-order valence-corrected chi connectivity index (χ4v) is 4.06. The summed E-state index contributed by atoms with van der Waals surface area (Å²) >= 11 is 0. The molecule has 0 aromatic rings. The van der Waals surface area contributed by atoms with Crippen LogP contribution >= 0.6 is 0 Å². The van der Waals surface area contributed by atoms with Crippen LogP contribution in [0.15, 0.2) is 0 Å². The molecule has 1 fully saturated rings. The van der Waals surface area contributed by atoms with Crippen LogP contribution in [0.4, 0.5) is 0 Å². The summed E-state index contributed by atoms with van der Waals surface area (Å²) in [7, 11) is 0. The first-order chi connectivity index (χ1) is 8.07. The van der Waals surface area contributed by atoms with Gasteiger partial charge in [0.25, 0.3) is 0 Å². The fourth-order valence-electron chi connectivity index (χ4n) is 4.06. The summed E-state index contributed by atoms with van der Waals surface area (Å²) in [5, 5.41) is 0. The van der Waals surface area contributed by atoms with Gasteiger partial charge < -0.3 is 0 Å². The highest BCUT2D eigenvalue weighted by atomic mass is 14.5. The van der Waals surface area contributed by atoms with Crippen molar-refractivity contribution in [2.24, 2.45) is 34.5 Å². The van der Waals surface area contributed by atoms with Gasteiger partial charge in [-0.15, -0.1) is 0 Å². The quantitative estimate of drug-likeness (QED) is 0.550. The first kappa shape index (κ1) is 16.1. The first-order valence-corrected chi connectivity index (χ1v) is 8.07. The van der Waals surface area contributed by atoms with E-state index in [0.717, 1.165) is 23.7 Å². The molecule has 0 radical (unpaired) electrons. The third-order valence-electron chi connectivity index (χ3n) is 6.01. The van der Waals surface area contributed by atoms with Crippen LogP contribution in [0.25, 0.3) is 0 Å². The lowest BCUT2D eigenvalue weighted by molar-refractivity contribution is 0.116. The standard InChI is InChI=1S/C18H36/c1-13(2)12-17(5,6)15-9-10-16(11-15)18(7,8)14(3)4/h13-16H,9-12H2,1-8H3. The average Bonchev–Trinajstić information content (AvgIpc) is 2.64. The Bertz CT molecular complexity index is 257. The van der Waals surface area contributed by atoms with E-state index in [2.05, 4.69) is 55.4 Å². The summed E-state index contributed by atoms with van der Waals surface area (Å²) in [4.78, 5) is 0. The van der Waals surface area contributed by atoms with Crippen LogP contribution in [-0.2, 0) is 0 Å². The monoisotopic (exact) mass is 252 g/mol. The second kappa shape index (κ2) is 5.55. The summed E-state index contributed by atoms with van der Waals surface area (Å²) in [5.41, 5.74) is 1.05. The minimum absolute atomic E-state index is 0.517. The third-order valence-corrected chi connectivity index (χ3v) is 6.01. The molecule has 1 aliphatic carbocycles. The molecule has 0 aromatic heterocycles. The molecule has 0 nitrogen and oxygen atoms in total. The Hall–Kier alpha value is 0. The van der Waals surface area contributed by atoms with Gasteiger partial charge in [-0.1, -0.05) is 55.4 Å². The van der Waals surface area contributed by atoms with E-state index in [1.54, 1.807) is 0 Å². The zero-order valence-electron chi connectivity index (χ0n) is 14.1. The van der Waals surface area contributed by atoms with E-state index in [1.807, 2.05) is 0 Å². The van der Waals surface area contributed by atoms with Crippen molar-refractivity contribution in [1.82, 2.24) is 0 Å². The van der Waals surface area contributed by atoms with Gasteiger partial charge in [0, 0.05) is 0 Å². The lowest BCUT2D eigenvalue weighted by Gasteiger charge is -2.38. The summed E-state index contributed by atoms with van der Waals surface area (Å²) in [5.74, 6) is 3.52. The normalized spacial score (nSPS) is 26.3. The largest absolute Gasteiger partial charge is 0.0628 e. The molecule has 108 valence electrons. The van der Waals surface area contributed by atoms with Gasteiger partial charge in [0.2, 0.25) is 0 Å². The van der Waals surface area contributed by atoms with E-state index >= 15 is 0 Å². The van der Waals surface area contributed by atoms with E-state index in [0.29, 0.717) is 10.8 Å². The Morgan fingerprint density at radius 1 is 0.889 bits per heavy atom. The first-order valence-electron chi connectivity index (χ1n) is 8.07. The summed E-state index contributed by atoms with van der Waals surface area (Å²) in [6.07, 6.45) is 5.76. The molecule has 1 rings (SSSR count). The van der Waals surface area contributed by atoms with Crippen LogP contribution in [0.1, 0.15) is 81.1 Å². The van der Waals surface area contributed by atoms with E-state index in [-0.39, 0.29) is 0 Å². The molecular formula is C18H36. The highest BCUT2D eigenvalue weighted by molar-refractivity contribution is 4.92. The highest BCUT2D eigenvalue weighted by Crippen LogP contribution is 2.52. The number of hydrogen-bond acceptors (Lipinski definition) is 0. The van der Waals surface area contributed by atoms with Gasteiger partial charge in [0.05, 0.1) is 0 Å². The van der Waals surface area contributed by atoms with Crippen molar-refractivity contribution >= 4 is 0 Å². The maximum atomic E-state index is 2.50. The maximum absolute atomic E-state index is 2.50. The van der Waals surface area contributed by atoms with E-state index in [4.69, 9.17) is 0 Å². The Morgan fingerprint density at radius 3 is 1.83 bits per heavy atom. The number of rotatable bonds is 5. The minimum Gasteiger partial charge on any atom is -0.0628 e. The van der Waals surface area contributed by atoms with Gasteiger partial charge in [-0.3, -0.25) is 0 Å². The Morgan fingerprint density at radius 2 is 1.39 bits per heavy atom. The highest BCUT2D eigenvalue weighted by Gasteiger charge is 2.42. The van der Waals surface area contributed by atoms with Crippen molar-refractivity contribution < 1.29 is 0 Å². The molecule has 2 atom stereocenters. The Kier molecular flexibility index (Phi) is 4.95. The molecule has 0 saturated heterocycles. The van der Waals surface area contributed by atoms with Crippen LogP contribution in [0, 0.1) is 34.5 Å². The van der Waals surface area contributed by atoms with Crippen LogP contribution < -0.4 is 0 Å². The minimum atomic E-state index is 0.517. The van der Waals surface area contributed by atoms with Gasteiger partial charge in [0.15, 0.2) is 0 Å². The second-order valence-corrected chi connectivity index (χ2v) is 8.77. The van der Waals surface area contributed by atoms with Crippen molar-refractivity contribution in [2.75, 3.05) is 0 Å². The predicted molar refractivity (Wildman–Crippen MR) is 82.7 cm³/mol. The molecule has 0 aromatic carbocycles.